The monoisotopic (exact) mass is 418 g/mol. The Morgan fingerprint density at radius 2 is 2.00 bits per heavy atom. The molecule has 0 radical (unpaired) electrons. The summed E-state index contributed by atoms with van der Waals surface area (Å²) in [4.78, 5) is 24.5. The molecule has 0 amide bonds. The lowest BCUT2D eigenvalue weighted by atomic mass is 10.1. The van der Waals surface area contributed by atoms with Gasteiger partial charge in [0.1, 0.15) is 23.8 Å². The van der Waals surface area contributed by atoms with E-state index in [0.717, 1.165) is 41.9 Å². The molecule has 160 valence electrons. The van der Waals surface area contributed by atoms with Crippen molar-refractivity contribution in [2.24, 2.45) is 0 Å². The average molecular weight is 418 g/mol. The van der Waals surface area contributed by atoms with Crippen LogP contribution in [0.2, 0.25) is 0 Å². The predicted octanol–water partition coefficient (Wildman–Crippen LogP) is 4.83. The van der Waals surface area contributed by atoms with E-state index in [1.807, 2.05) is 51.1 Å². The van der Waals surface area contributed by atoms with Crippen molar-refractivity contribution in [1.82, 2.24) is 4.57 Å². The Morgan fingerprint density at radius 1 is 1.23 bits per heavy atom. The summed E-state index contributed by atoms with van der Waals surface area (Å²) in [5.74, 6) is -0.727. The van der Waals surface area contributed by atoms with E-state index in [1.165, 1.54) is 6.07 Å². The zero-order valence-electron chi connectivity index (χ0n) is 18.3. The Balaban J connectivity index is 1.84. The Kier molecular flexibility index (Phi) is 6.76. The molecule has 0 spiro atoms. The summed E-state index contributed by atoms with van der Waals surface area (Å²) in [5, 5.41) is 10.2. The molecular formula is C25H26N2O4. The second-order valence-corrected chi connectivity index (χ2v) is 7.50. The normalized spacial score (nSPS) is 11.5. The number of rotatable bonds is 7. The number of benzene rings is 1. The summed E-state index contributed by atoms with van der Waals surface area (Å²) in [6.07, 6.45) is 3.36. The lowest BCUT2D eigenvalue weighted by molar-refractivity contribution is -0.139. The number of aromatic nitrogens is 1. The molecule has 1 aromatic carbocycles. The smallest absolute Gasteiger partial charge is 0.349 e. The van der Waals surface area contributed by atoms with Gasteiger partial charge in [0.15, 0.2) is 0 Å². The molecule has 2 aromatic heterocycles. The minimum absolute atomic E-state index is 0.0858. The maximum Gasteiger partial charge on any atom is 0.349 e. The van der Waals surface area contributed by atoms with E-state index in [2.05, 4.69) is 11.5 Å². The number of carbonyl (C=O) groups is 1. The second kappa shape index (κ2) is 9.48. The number of aryl methyl sites for hydroxylation is 2. The number of hydrogen-bond acceptors (Lipinski definition) is 5. The minimum atomic E-state index is -0.727. The molecule has 0 aliphatic heterocycles. The molecule has 0 aliphatic rings. The lowest BCUT2D eigenvalue weighted by Crippen LogP contribution is -2.09. The van der Waals surface area contributed by atoms with Crippen molar-refractivity contribution < 1.29 is 13.9 Å². The zero-order valence-corrected chi connectivity index (χ0v) is 18.3. The predicted molar refractivity (Wildman–Crippen MR) is 119 cm³/mol. The van der Waals surface area contributed by atoms with Crippen molar-refractivity contribution in [2.45, 2.75) is 53.7 Å². The second-order valence-electron chi connectivity index (χ2n) is 7.50. The molecule has 0 fully saturated rings. The van der Waals surface area contributed by atoms with Gasteiger partial charge in [-0.1, -0.05) is 26.0 Å². The van der Waals surface area contributed by atoms with Crippen LogP contribution in [0, 0.1) is 25.2 Å². The number of esters is 1. The third-order valence-corrected chi connectivity index (χ3v) is 5.36. The summed E-state index contributed by atoms with van der Waals surface area (Å²) < 4.78 is 12.8. The number of carbonyl (C=O) groups excluding carboxylic acids is 1. The van der Waals surface area contributed by atoms with Gasteiger partial charge in [-0.15, -0.1) is 0 Å². The standard InChI is InChI=1S/C25H26N2O4/c1-5-9-27-16(3)10-19(17(27)4)12-20(14-26)25(29)30-15-21-13-24(28)31-23-11-18(6-2)7-8-22(21)23/h7-8,10-13H,5-6,9,15H2,1-4H3/b20-12+. The van der Waals surface area contributed by atoms with E-state index in [4.69, 9.17) is 9.15 Å². The molecule has 6 nitrogen and oxygen atoms in total. The maximum absolute atomic E-state index is 12.6. The van der Waals surface area contributed by atoms with Crippen molar-refractivity contribution in [1.29, 1.82) is 5.26 Å². The van der Waals surface area contributed by atoms with Crippen LogP contribution >= 0.6 is 0 Å². The first-order valence-electron chi connectivity index (χ1n) is 10.4. The van der Waals surface area contributed by atoms with Gasteiger partial charge < -0.3 is 13.7 Å². The lowest BCUT2D eigenvalue weighted by Gasteiger charge is -2.08. The minimum Gasteiger partial charge on any atom is -0.457 e. The van der Waals surface area contributed by atoms with E-state index in [-0.39, 0.29) is 12.2 Å². The number of hydrogen-bond donors (Lipinski definition) is 0. The van der Waals surface area contributed by atoms with Gasteiger partial charge in [0, 0.05) is 34.9 Å². The van der Waals surface area contributed by atoms with Gasteiger partial charge in [0.05, 0.1) is 0 Å². The van der Waals surface area contributed by atoms with Crippen LogP contribution in [0.5, 0.6) is 0 Å². The fraction of sp³-hybridized carbons (Fsp3) is 0.320. The molecule has 0 saturated heterocycles. The van der Waals surface area contributed by atoms with Crippen molar-refractivity contribution in [2.75, 3.05) is 0 Å². The molecule has 0 atom stereocenters. The highest BCUT2D eigenvalue weighted by atomic mass is 16.5. The van der Waals surface area contributed by atoms with Crippen LogP contribution in [-0.4, -0.2) is 10.5 Å². The fourth-order valence-corrected chi connectivity index (χ4v) is 3.67. The third-order valence-electron chi connectivity index (χ3n) is 5.36. The SMILES string of the molecule is CCCn1c(C)cc(/C=C(\C#N)C(=O)OCc2cc(=O)oc3cc(CC)ccc23)c1C. The molecule has 6 heteroatoms. The van der Waals surface area contributed by atoms with Gasteiger partial charge in [-0.25, -0.2) is 9.59 Å². The number of ether oxygens (including phenoxy) is 1. The van der Waals surface area contributed by atoms with E-state index in [1.54, 1.807) is 6.08 Å². The van der Waals surface area contributed by atoms with Crippen molar-refractivity contribution >= 4 is 23.0 Å². The van der Waals surface area contributed by atoms with Crippen LogP contribution in [0.15, 0.2) is 45.1 Å². The molecule has 2 heterocycles. The molecule has 0 aliphatic carbocycles. The quantitative estimate of drug-likeness (QED) is 0.237. The van der Waals surface area contributed by atoms with Gasteiger partial charge in [0.2, 0.25) is 0 Å². The van der Waals surface area contributed by atoms with Crippen LogP contribution < -0.4 is 5.63 Å². The molecular weight excluding hydrogens is 392 g/mol. The molecule has 31 heavy (non-hydrogen) atoms. The topological polar surface area (TPSA) is 85.2 Å². The highest BCUT2D eigenvalue weighted by Crippen LogP contribution is 2.22. The Morgan fingerprint density at radius 3 is 2.68 bits per heavy atom. The maximum atomic E-state index is 12.6. The number of fused-ring (bicyclic) bond motifs is 1. The summed E-state index contributed by atoms with van der Waals surface area (Å²) in [6, 6.07) is 10.8. The van der Waals surface area contributed by atoms with Crippen LogP contribution in [0.3, 0.4) is 0 Å². The Hall–Kier alpha value is -3.59. The molecule has 3 rings (SSSR count). The van der Waals surface area contributed by atoms with Gasteiger partial charge in [-0.2, -0.15) is 5.26 Å². The van der Waals surface area contributed by atoms with Gasteiger partial charge >= 0.3 is 11.6 Å². The van der Waals surface area contributed by atoms with Crippen molar-refractivity contribution in [3.63, 3.8) is 0 Å². The van der Waals surface area contributed by atoms with E-state index < -0.39 is 11.6 Å². The molecule has 0 saturated carbocycles. The van der Waals surface area contributed by atoms with Crippen LogP contribution in [-0.2, 0) is 29.1 Å². The molecule has 0 unspecified atom stereocenters. The van der Waals surface area contributed by atoms with Crippen molar-refractivity contribution in [3.05, 3.63) is 74.4 Å². The number of nitrogens with zero attached hydrogens (tertiary/aromatic N) is 2. The molecule has 0 bridgehead atoms. The van der Waals surface area contributed by atoms with Crippen LogP contribution in [0.25, 0.3) is 17.0 Å². The summed E-state index contributed by atoms with van der Waals surface area (Å²) in [7, 11) is 0. The van der Waals surface area contributed by atoms with E-state index in [0.29, 0.717) is 16.5 Å². The van der Waals surface area contributed by atoms with E-state index in [9.17, 15) is 14.9 Å². The van der Waals surface area contributed by atoms with E-state index >= 15 is 0 Å². The number of nitriles is 1. The van der Waals surface area contributed by atoms with Crippen LogP contribution in [0.1, 0.15) is 48.3 Å². The average Bonchev–Trinajstić information content (AvgIpc) is 3.02. The Bertz CT molecular complexity index is 1250. The molecule has 3 aromatic rings. The Labute approximate surface area is 181 Å². The first-order valence-corrected chi connectivity index (χ1v) is 10.4. The van der Waals surface area contributed by atoms with Gasteiger partial charge in [-0.05, 0) is 56.0 Å². The van der Waals surface area contributed by atoms with Gasteiger partial charge in [-0.3, -0.25) is 0 Å². The van der Waals surface area contributed by atoms with Crippen LogP contribution in [0.4, 0.5) is 0 Å². The summed E-state index contributed by atoms with van der Waals surface area (Å²) >= 11 is 0. The summed E-state index contributed by atoms with van der Waals surface area (Å²) in [5.41, 5.74) is 4.34. The van der Waals surface area contributed by atoms with Gasteiger partial charge in [0.25, 0.3) is 0 Å². The first-order chi connectivity index (χ1) is 14.9. The largest absolute Gasteiger partial charge is 0.457 e. The summed E-state index contributed by atoms with van der Waals surface area (Å²) in [6.45, 7) is 8.83. The third kappa shape index (κ3) is 4.77. The molecule has 0 N–H and O–H groups in total. The van der Waals surface area contributed by atoms with Crippen molar-refractivity contribution in [3.8, 4) is 6.07 Å². The fourth-order valence-electron chi connectivity index (χ4n) is 3.67. The zero-order chi connectivity index (χ0) is 22.5. The highest BCUT2D eigenvalue weighted by molar-refractivity contribution is 5.98. The highest BCUT2D eigenvalue weighted by Gasteiger charge is 2.15. The first kappa shape index (κ1) is 22.1.